The average molecular weight is 202 g/mol. The van der Waals surface area contributed by atoms with E-state index < -0.39 is 0 Å². The van der Waals surface area contributed by atoms with Crippen molar-refractivity contribution in [3.8, 4) is 0 Å². The maximum atomic E-state index is 2.43. The van der Waals surface area contributed by atoms with Crippen LogP contribution in [0.1, 0.15) is 56.7 Å². The van der Waals surface area contributed by atoms with Crippen LogP contribution in [0.2, 0.25) is 0 Å². The second-order valence-electron chi connectivity index (χ2n) is 6.02. The first-order valence-corrected chi connectivity index (χ1v) is 6.10. The number of aryl methyl sites for hydroxylation is 1. The molecule has 0 unspecified atom stereocenters. The fourth-order valence-electron chi connectivity index (χ4n) is 2.49. The fourth-order valence-corrected chi connectivity index (χ4v) is 2.49. The van der Waals surface area contributed by atoms with Gasteiger partial charge in [0.2, 0.25) is 0 Å². The molecule has 1 aliphatic rings. The third kappa shape index (κ3) is 2.25. The summed E-state index contributed by atoms with van der Waals surface area (Å²) in [5.41, 5.74) is 5.18. The molecular formula is C15H22. The predicted octanol–water partition coefficient (Wildman–Crippen LogP) is 4.32. The highest BCUT2D eigenvalue weighted by Gasteiger charge is 2.25. The molecule has 15 heavy (non-hydrogen) atoms. The number of hydrogen-bond acceptors (Lipinski definition) is 0. The van der Waals surface area contributed by atoms with Crippen molar-refractivity contribution in [1.82, 2.24) is 0 Å². The van der Waals surface area contributed by atoms with Crippen LogP contribution in [-0.2, 0) is 12.8 Å². The summed E-state index contributed by atoms with van der Waals surface area (Å²) in [6.07, 6.45) is 3.85. The first-order chi connectivity index (χ1) is 6.98. The minimum absolute atomic E-state index is 0.506. The van der Waals surface area contributed by atoms with Gasteiger partial charge in [0.25, 0.3) is 0 Å². The van der Waals surface area contributed by atoms with E-state index in [4.69, 9.17) is 0 Å². The lowest BCUT2D eigenvalue weighted by Gasteiger charge is -2.31. The highest BCUT2D eigenvalue weighted by molar-refractivity contribution is 5.36. The monoisotopic (exact) mass is 202 g/mol. The molecule has 0 bridgehead atoms. The van der Waals surface area contributed by atoms with Crippen molar-refractivity contribution < 1.29 is 0 Å². The Balaban J connectivity index is 2.32. The minimum atomic E-state index is 0.506. The summed E-state index contributed by atoms with van der Waals surface area (Å²) in [6.45, 7) is 9.31. The molecule has 0 fully saturated rings. The lowest BCUT2D eigenvalue weighted by molar-refractivity contribution is 0.315. The smallest absolute Gasteiger partial charge is 0.0219 e. The molecule has 0 saturated carbocycles. The highest BCUT2D eigenvalue weighted by Crippen LogP contribution is 2.35. The molecule has 0 N–H and O–H groups in total. The Morgan fingerprint density at radius 1 is 1.13 bits per heavy atom. The highest BCUT2D eigenvalue weighted by atomic mass is 14.3. The van der Waals surface area contributed by atoms with Gasteiger partial charge in [0.1, 0.15) is 0 Å². The molecule has 0 aliphatic heterocycles. The summed E-state index contributed by atoms with van der Waals surface area (Å²) >= 11 is 0. The zero-order chi connectivity index (χ0) is 11.1. The zero-order valence-electron chi connectivity index (χ0n) is 10.4. The molecule has 0 atom stereocenters. The topological polar surface area (TPSA) is 0 Å². The van der Waals surface area contributed by atoms with Crippen LogP contribution < -0.4 is 0 Å². The summed E-state index contributed by atoms with van der Waals surface area (Å²) in [4.78, 5) is 0. The molecule has 2 rings (SSSR count). The Hall–Kier alpha value is -0.780. The lowest BCUT2D eigenvalue weighted by Crippen LogP contribution is -2.22. The standard InChI is InChI=1S/C15H22/c1-11(2)12-5-6-14-10-15(3,4)8-7-13(14)9-12/h5-6,9,11H,7-8,10H2,1-4H3. The van der Waals surface area contributed by atoms with Gasteiger partial charge < -0.3 is 0 Å². The van der Waals surface area contributed by atoms with E-state index >= 15 is 0 Å². The van der Waals surface area contributed by atoms with Crippen molar-refractivity contribution in [2.24, 2.45) is 5.41 Å². The second kappa shape index (κ2) is 3.66. The van der Waals surface area contributed by atoms with Crippen LogP contribution in [0.25, 0.3) is 0 Å². The van der Waals surface area contributed by atoms with E-state index in [-0.39, 0.29) is 0 Å². The molecule has 1 aliphatic carbocycles. The van der Waals surface area contributed by atoms with E-state index in [1.54, 1.807) is 11.1 Å². The van der Waals surface area contributed by atoms with Crippen molar-refractivity contribution >= 4 is 0 Å². The molecule has 0 nitrogen and oxygen atoms in total. The number of fused-ring (bicyclic) bond motifs is 1. The van der Waals surface area contributed by atoms with E-state index in [0.717, 1.165) is 0 Å². The summed E-state index contributed by atoms with van der Waals surface area (Å²) in [6, 6.07) is 7.09. The molecule has 0 amide bonds. The van der Waals surface area contributed by atoms with Gasteiger partial charge in [-0.1, -0.05) is 45.9 Å². The Labute approximate surface area is 93.7 Å². The third-order valence-corrected chi connectivity index (χ3v) is 3.64. The van der Waals surface area contributed by atoms with Crippen molar-refractivity contribution in [2.45, 2.75) is 52.9 Å². The lowest BCUT2D eigenvalue weighted by atomic mass is 9.74. The van der Waals surface area contributed by atoms with Crippen molar-refractivity contribution in [3.63, 3.8) is 0 Å². The molecular weight excluding hydrogens is 180 g/mol. The van der Waals surface area contributed by atoms with E-state index in [9.17, 15) is 0 Å². The molecule has 0 heteroatoms. The van der Waals surface area contributed by atoms with Crippen molar-refractivity contribution in [1.29, 1.82) is 0 Å². The molecule has 0 aromatic heterocycles. The normalized spacial score (nSPS) is 19.0. The summed E-state index contributed by atoms with van der Waals surface area (Å²) in [7, 11) is 0. The van der Waals surface area contributed by atoms with Gasteiger partial charge in [-0.15, -0.1) is 0 Å². The molecule has 0 saturated heterocycles. The van der Waals surface area contributed by atoms with Gasteiger partial charge in [-0.25, -0.2) is 0 Å². The van der Waals surface area contributed by atoms with Gasteiger partial charge in [0, 0.05) is 0 Å². The van der Waals surface area contributed by atoms with Crippen LogP contribution in [0, 0.1) is 5.41 Å². The first kappa shape index (κ1) is 10.7. The summed E-state index contributed by atoms with van der Waals surface area (Å²) < 4.78 is 0. The Morgan fingerprint density at radius 2 is 1.87 bits per heavy atom. The van der Waals surface area contributed by atoms with E-state index in [1.807, 2.05) is 0 Å². The van der Waals surface area contributed by atoms with Crippen molar-refractivity contribution in [2.75, 3.05) is 0 Å². The van der Waals surface area contributed by atoms with Crippen LogP contribution in [-0.4, -0.2) is 0 Å². The Kier molecular flexibility index (Phi) is 2.62. The maximum absolute atomic E-state index is 2.43. The molecule has 1 aromatic carbocycles. The van der Waals surface area contributed by atoms with Crippen LogP contribution in [0.15, 0.2) is 18.2 Å². The van der Waals surface area contributed by atoms with Gasteiger partial charge in [0.05, 0.1) is 0 Å². The molecule has 82 valence electrons. The molecule has 0 spiro atoms. The molecule has 0 heterocycles. The van der Waals surface area contributed by atoms with Gasteiger partial charge >= 0.3 is 0 Å². The van der Waals surface area contributed by atoms with Crippen LogP contribution in [0.5, 0.6) is 0 Å². The van der Waals surface area contributed by atoms with Gasteiger partial charge in [-0.05, 0) is 47.3 Å². The largest absolute Gasteiger partial charge is 0.0596 e. The first-order valence-electron chi connectivity index (χ1n) is 6.10. The average Bonchev–Trinajstić information content (AvgIpc) is 2.15. The molecule has 1 aromatic rings. The fraction of sp³-hybridized carbons (Fsp3) is 0.600. The number of hydrogen-bond donors (Lipinski definition) is 0. The number of rotatable bonds is 1. The van der Waals surface area contributed by atoms with Crippen LogP contribution >= 0.6 is 0 Å². The SMILES string of the molecule is CC(C)c1ccc2c(c1)CCC(C)(C)C2. The Morgan fingerprint density at radius 3 is 2.53 bits per heavy atom. The van der Waals surface area contributed by atoms with Gasteiger partial charge in [0.15, 0.2) is 0 Å². The van der Waals surface area contributed by atoms with E-state index in [1.165, 1.54) is 24.8 Å². The third-order valence-electron chi connectivity index (χ3n) is 3.64. The van der Waals surface area contributed by atoms with Gasteiger partial charge in [-0.2, -0.15) is 0 Å². The quantitative estimate of drug-likeness (QED) is 0.636. The zero-order valence-corrected chi connectivity index (χ0v) is 10.4. The Bertz CT molecular complexity index is 358. The van der Waals surface area contributed by atoms with Gasteiger partial charge in [-0.3, -0.25) is 0 Å². The van der Waals surface area contributed by atoms with Crippen molar-refractivity contribution in [3.05, 3.63) is 34.9 Å². The summed E-state index contributed by atoms with van der Waals surface area (Å²) in [5, 5.41) is 0. The molecule has 0 radical (unpaired) electrons. The summed E-state index contributed by atoms with van der Waals surface area (Å²) in [5.74, 6) is 0.658. The maximum Gasteiger partial charge on any atom is -0.0219 e. The number of benzene rings is 1. The minimum Gasteiger partial charge on any atom is -0.0596 e. The van der Waals surface area contributed by atoms with Crippen LogP contribution in [0.3, 0.4) is 0 Å². The van der Waals surface area contributed by atoms with E-state index in [2.05, 4.69) is 45.9 Å². The van der Waals surface area contributed by atoms with Crippen LogP contribution in [0.4, 0.5) is 0 Å². The van der Waals surface area contributed by atoms with E-state index in [0.29, 0.717) is 11.3 Å². The predicted molar refractivity (Wildman–Crippen MR) is 66.3 cm³/mol. The second-order valence-corrected chi connectivity index (χ2v) is 6.02.